The zero-order valence-electron chi connectivity index (χ0n) is 10.6. The number of anilines is 1. The number of carbonyl (C=O) groups excluding carboxylic acids is 2. The van der Waals surface area contributed by atoms with Crippen molar-refractivity contribution in [3.8, 4) is 0 Å². The third-order valence-electron chi connectivity index (χ3n) is 4.17. The fraction of sp³-hybridized carbons (Fsp3) is 0.467. The lowest BCUT2D eigenvalue weighted by molar-refractivity contribution is -0.117. The van der Waals surface area contributed by atoms with Gasteiger partial charge >= 0.3 is 0 Å². The lowest BCUT2D eigenvalue weighted by Gasteiger charge is -2.12. The molecule has 1 aliphatic carbocycles. The van der Waals surface area contributed by atoms with E-state index in [0.29, 0.717) is 6.42 Å². The maximum Gasteiger partial charge on any atom is 0.231 e. The molecule has 0 spiro atoms. The second-order valence-electron chi connectivity index (χ2n) is 5.32. The number of carbonyl (C=O) groups is 2. The predicted molar refractivity (Wildman–Crippen MR) is 69.8 cm³/mol. The third-order valence-corrected chi connectivity index (χ3v) is 4.17. The summed E-state index contributed by atoms with van der Waals surface area (Å²) in [5.74, 6) is 0.575. The van der Waals surface area contributed by atoms with E-state index in [1.165, 1.54) is 12.8 Å². The van der Waals surface area contributed by atoms with E-state index < -0.39 is 0 Å². The summed E-state index contributed by atoms with van der Waals surface area (Å²) in [4.78, 5) is 25.6. The topological polar surface area (TPSA) is 37.4 Å². The van der Waals surface area contributed by atoms with Gasteiger partial charge in [-0.2, -0.15) is 0 Å². The first-order chi connectivity index (χ1) is 8.66. The fourth-order valence-corrected chi connectivity index (χ4v) is 3.05. The molecule has 0 unspecified atom stereocenters. The number of hydrogen-bond acceptors (Lipinski definition) is 2. The summed E-state index contributed by atoms with van der Waals surface area (Å²) in [6, 6.07) is 5.69. The van der Waals surface area contributed by atoms with Gasteiger partial charge in [0.15, 0.2) is 5.78 Å². The summed E-state index contributed by atoms with van der Waals surface area (Å²) >= 11 is 0. The number of amides is 1. The molecule has 1 aromatic rings. The molecule has 0 N–H and O–H groups in total. The van der Waals surface area contributed by atoms with Crippen LogP contribution in [0, 0.1) is 5.92 Å². The van der Waals surface area contributed by atoms with Gasteiger partial charge in [0.25, 0.3) is 0 Å². The standard InChI is InChI=1S/C15H17NO2/c1-16-13-7-6-11(8-12(13)9-14(16)17)15(18)10-4-2-3-5-10/h6-8,10H,2-5,9H2,1H3. The Morgan fingerprint density at radius 1 is 1.28 bits per heavy atom. The molecule has 2 aliphatic rings. The van der Waals surface area contributed by atoms with Gasteiger partial charge in [-0.15, -0.1) is 0 Å². The normalized spacial score (nSPS) is 19.4. The minimum Gasteiger partial charge on any atom is -0.315 e. The lowest BCUT2D eigenvalue weighted by Crippen LogP contribution is -2.20. The molecule has 1 aromatic carbocycles. The molecule has 0 atom stereocenters. The second kappa shape index (κ2) is 4.23. The molecule has 94 valence electrons. The summed E-state index contributed by atoms with van der Waals surface area (Å²) in [7, 11) is 1.78. The quantitative estimate of drug-likeness (QED) is 0.749. The molecule has 0 radical (unpaired) electrons. The van der Waals surface area contributed by atoms with Crippen molar-refractivity contribution in [2.45, 2.75) is 32.1 Å². The van der Waals surface area contributed by atoms with Gasteiger partial charge in [0.2, 0.25) is 5.91 Å². The maximum absolute atomic E-state index is 12.3. The van der Waals surface area contributed by atoms with Crippen molar-refractivity contribution in [3.63, 3.8) is 0 Å². The SMILES string of the molecule is CN1C(=O)Cc2cc(C(=O)C3CCCC3)ccc21. The van der Waals surface area contributed by atoms with Crippen LogP contribution < -0.4 is 4.90 Å². The fourth-order valence-electron chi connectivity index (χ4n) is 3.05. The lowest BCUT2D eigenvalue weighted by atomic mass is 9.94. The van der Waals surface area contributed by atoms with E-state index in [1.54, 1.807) is 11.9 Å². The molecule has 0 bridgehead atoms. The molecule has 3 rings (SSSR count). The highest BCUT2D eigenvalue weighted by atomic mass is 16.2. The van der Waals surface area contributed by atoms with E-state index >= 15 is 0 Å². The van der Waals surface area contributed by atoms with Crippen LogP contribution in [0.15, 0.2) is 18.2 Å². The number of hydrogen-bond donors (Lipinski definition) is 0. The van der Waals surface area contributed by atoms with E-state index in [4.69, 9.17) is 0 Å². The average Bonchev–Trinajstić information content (AvgIpc) is 2.98. The maximum atomic E-state index is 12.3. The van der Waals surface area contributed by atoms with Gasteiger partial charge in [0, 0.05) is 24.2 Å². The molecule has 0 saturated heterocycles. The minimum absolute atomic E-state index is 0.107. The van der Waals surface area contributed by atoms with Crippen LogP contribution in [-0.4, -0.2) is 18.7 Å². The number of rotatable bonds is 2. The van der Waals surface area contributed by atoms with Gasteiger partial charge in [0.05, 0.1) is 6.42 Å². The summed E-state index contributed by atoms with van der Waals surface area (Å²) in [5, 5.41) is 0. The Hall–Kier alpha value is -1.64. The van der Waals surface area contributed by atoms with Crippen LogP contribution in [-0.2, 0) is 11.2 Å². The van der Waals surface area contributed by atoms with Crippen LogP contribution in [0.4, 0.5) is 5.69 Å². The van der Waals surface area contributed by atoms with Crippen LogP contribution >= 0.6 is 0 Å². The number of Topliss-reactive ketones (excluding diaryl/α,β-unsaturated/α-hetero) is 1. The summed E-state index contributed by atoms with van der Waals surface area (Å²) in [6.45, 7) is 0. The summed E-state index contributed by atoms with van der Waals surface area (Å²) < 4.78 is 0. The number of likely N-dealkylation sites (N-methyl/N-ethyl adjacent to an activating group) is 1. The Morgan fingerprint density at radius 2 is 2.00 bits per heavy atom. The molecule has 1 heterocycles. The highest BCUT2D eigenvalue weighted by Gasteiger charge is 2.27. The van der Waals surface area contributed by atoms with Gasteiger partial charge in [0.1, 0.15) is 0 Å². The van der Waals surface area contributed by atoms with Crippen molar-refractivity contribution >= 4 is 17.4 Å². The Kier molecular flexibility index (Phi) is 2.69. The van der Waals surface area contributed by atoms with Gasteiger partial charge in [-0.1, -0.05) is 12.8 Å². The van der Waals surface area contributed by atoms with E-state index in [2.05, 4.69) is 0 Å². The summed E-state index contributed by atoms with van der Waals surface area (Å²) in [6.07, 6.45) is 4.81. The molecule has 1 aliphatic heterocycles. The smallest absolute Gasteiger partial charge is 0.231 e. The molecule has 1 amide bonds. The first-order valence-electron chi connectivity index (χ1n) is 6.60. The monoisotopic (exact) mass is 243 g/mol. The molecule has 18 heavy (non-hydrogen) atoms. The molecule has 3 heteroatoms. The second-order valence-corrected chi connectivity index (χ2v) is 5.32. The van der Waals surface area contributed by atoms with Gasteiger partial charge in [-0.3, -0.25) is 9.59 Å². The largest absolute Gasteiger partial charge is 0.315 e. The zero-order chi connectivity index (χ0) is 12.7. The minimum atomic E-state index is 0.107. The van der Waals surface area contributed by atoms with Crippen molar-refractivity contribution in [1.82, 2.24) is 0 Å². The molecule has 0 aromatic heterocycles. The van der Waals surface area contributed by atoms with Crippen molar-refractivity contribution in [3.05, 3.63) is 29.3 Å². The van der Waals surface area contributed by atoms with Crippen LogP contribution in [0.3, 0.4) is 0 Å². The van der Waals surface area contributed by atoms with Crippen molar-refractivity contribution < 1.29 is 9.59 Å². The summed E-state index contributed by atoms with van der Waals surface area (Å²) in [5.41, 5.74) is 2.72. The number of fused-ring (bicyclic) bond motifs is 1. The zero-order valence-corrected chi connectivity index (χ0v) is 10.6. The highest BCUT2D eigenvalue weighted by Crippen LogP contribution is 2.32. The first-order valence-corrected chi connectivity index (χ1v) is 6.60. The van der Waals surface area contributed by atoms with Gasteiger partial charge in [-0.05, 0) is 36.6 Å². The van der Waals surface area contributed by atoms with Crippen LogP contribution in [0.1, 0.15) is 41.6 Å². The van der Waals surface area contributed by atoms with Gasteiger partial charge < -0.3 is 4.90 Å². The highest BCUT2D eigenvalue weighted by molar-refractivity contribution is 6.03. The third kappa shape index (κ3) is 1.74. The molecular weight excluding hydrogens is 226 g/mol. The van der Waals surface area contributed by atoms with Crippen molar-refractivity contribution in [1.29, 1.82) is 0 Å². The Labute approximate surface area is 107 Å². The van der Waals surface area contributed by atoms with Gasteiger partial charge in [-0.25, -0.2) is 0 Å². The van der Waals surface area contributed by atoms with Crippen LogP contribution in [0.25, 0.3) is 0 Å². The molecular formula is C15H17NO2. The van der Waals surface area contributed by atoms with Crippen molar-refractivity contribution in [2.24, 2.45) is 5.92 Å². The predicted octanol–water partition coefficient (Wildman–Crippen LogP) is 2.58. The van der Waals surface area contributed by atoms with E-state index in [-0.39, 0.29) is 17.6 Å². The molecule has 1 saturated carbocycles. The Balaban J connectivity index is 1.89. The molecule has 3 nitrogen and oxygen atoms in total. The Morgan fingerprint density at radius 3 is 2.72 bits per heavy atom. The Bertz CT molecular complexity index is 515. The van der Waals surface area contributed by atoms with Crippen LogP contribution in [0.2, 0.25) is 0 Å². The number of benzene rings is 1. The average molecular weight is 243 g/mol. The van der Waals surface area contributed by atoms with Crippen molar-refractivity contribution in [2.75, 3.05) is 11.9 Å². The van der Waals surface area contributed by atoms with E-state index in [0.717, 1.165) is 29.7 Å². The van der Waals surface area contributed by atoms with E-state index in [9.17, 15) is 9.59 Å². The van der Waals surface area contributed by atoms with Crippen LogP contribution in [0.5, 0.6) is 0 Å². The number of nitrogens with zero attached hydrogens (tertiary/aromatic N) is 1. The van der Waals surface area contributed by atoms with E-state index in [1.807, 2.05) is 18.2 Å². The first kappa shape index (κ1) is 11.5. The molecule has 1 fully saturated rings. The number of ketones is 1.